The van der Waals surface area contributed by atoms with Crippen LogP contribution in [0.4, 0.5) is 0 Å². The number of furan rings is 1. The monoisotopic (exact) mass is 709 g/mol. The summed E-state index contributed by atoms with van der Waals surface area (Å²) in [4.78, 5) is 11.2. The first-order valence-corrected chi connectivity index (χ1v) is 21.4. The van der Waals surface area contributed by atoms with Gasteiger partial charge < -0.3 is 8.82 Å². The van der Waals surface area contributed by atoms with Crippen LogP contribution in [0.3, 0.4) is 0 Å². The molecule has 2 saturated carbocycles. The van der Waals surface area contributed by atoms with E-state index in [9.17, 15) is 0 Å². The number of fused-ring (bicyclic) bond motifs is 16. The second-order valence-corrected chi connectivity index (χ2v) is 18.3. The molecule has 2 spiro atoms. The zero-order chi connectivity index (χ0) is 36.2. The second kappa shape index (κ2) is 10.6. The minimum Gasteiger partial charge on any atom is -0.455 e. The van der Waals surface area contributed by atoms with Crippen LogP contribution in [-0.4, -0.2) is 14.4 Å². The Morgan fingerprint density at radius 2 is 1.19 bits per heavy atom. The van der Waals surface area contributed by atoms with Crippen LogP contribution in [0.2, 0.25) is 0 Å². The molecule has 0 radical (unpaired) electrons. The van der Waals surface area contributed by atoms with Gasteiger partial charge in [0.25, 0.3) is 0 Å². The molecule has 5 heterocycles. The second-order valence-electron chi connectivity index (χ2n) is 18.3. The molecule has 0 unspecified atom stereocenters. The zero-order valence-corrected chi connectivity index (χ0v) is 32.5. The van der Waals surface area contributed by atoms with E-state index in [1.165, 1.54) is 136 Å². The summed E-state index contributed by atoms with van der Waals surface area (Å²) in [6.07, 6.45) is 21.9. The summed E-state index contributed by atoms with van der Waals surface area (Å²) in [6, 6.07) is 20.2. The number of hydrogen-bond acceptors (Lipinski definition) is 3. The van der Waals surface area contributed by atoms with Crippen molar-refractivity contribution < 1.29 is 4.42 Å². The van der Waals surface area contributed by atoms with E-state index in [0.29, 0.717) is 0 Å². The van der Waals surface area contributed by atoms with Gasteiger partial charge in [-0.15, -0.1) is 0 Å². The maximum absolute atomic E-state index is 7.25. The average molecular weight is 710 g/mol. The van der Waals surface area contributed by atoms with E-state index in [-0.39, 0.29) is 21.7 Å². The van der Waals surface area contributed by atoms with Crippen LogP contribution in [0.5, 0.6) is 0 Å². The van der Waals surface area contributed by atoms with Gasteiger partial charge in [-0.05, 0) is 109 Å². The standard InChI is InChI=1S/C50H51N3O/c1-5-47(6-2)28-49(21-12-13-22-49)41-38-32-25-33-37-31(30-17-10-9-11-18-30)19-16-20-36(37)54-44(33)40-39-35(53(43(32)40)34(38)26-51-45(41)47)27-52-46-42(39)50(23-14-15-24-50)29-48(46,7-3)8-4/h9-11,16-20,25-27H,5-8,12-15,21-24,28-29H2,1-4H3. The molecule has 4 aliphatic rings. The van der Waals surface area contributed by atoms with Crippen LogP contribution in [0.1, 0.15) is 140 Å². The number of pyridine rings is 2. The molecule has 0 bridgehead atoms. The van der Waals surface area contributed by atoms with Gasteiger partial charge >= 0.3 is 0 Å². The Hall–Kier alpha value is -4.44. The van der Waals surface area contributed by atoms with Gasteiger partial charge in [0, 0.05) is 37.8 Å². The van der Waals surface area contributed by atoms with Gasteiger partial charge in [0.05, 0.1) is 45.7 Å². The summed E-state index contributed by atoms with van der Waals surface area (Å²) >= 11 is 0. The highest BCUT2D eigenvalue weighted by atomic mass is 16.3. The van der Waals surface area contributed by atoms with Crippen LogP contribution in [-0.2, 0) is 21.7 Å². The van der Waals surface area contributed by atoms with Gasteiger partial charge in [-0.25, -0.2) is 0 Å². The fourth-order valence-electron chi connectivity index (χ4n) is 13.8. The quantitative estimate of drug-likeness (QED) is 0.179. The highest BCUT2D eigenvalue weighted by Gasteiger charge is 2.56. The van der Waals surface area contributed by atoms with E-state index in [1.54, 1.807) is 11.1 Å². The van der Waals surface area contributed by atoms with Crippen molar-refractivity contribution >= 4 is 60.0 Å². The lowest BCUT2D eigenvalue weighted by Gasteiger charge is -2.30. The summed E-state index contributed by atoms with van der Waals surface area (Å²) in [5.74, 6) is 0. The SMILES string of the molecule is CCC1(CC)CC2(CCCC2)c2c1ncc1c2c2cc3c(oc4cccc(-c5ccccc5)c43)c3c4c5c(ncc4n1c23)C(CC)(CC)CC51CCCC1. The van der Waals surface area contributed by atoms with Gasteiger partial charge in [0.15, 0.2) is 0 Å². The summed E-state index contributed by atoms with van der Waals surface area (Å²) in [7, 11) is 0. The Morgan fingerprint density at radius 3 is 1.78 bits per heavy atom. The highest BCUT2D eigenvalue weighted by Crippen LogP contribution is 2.64. The Kier molecular flexibility index (Phi) is 6.28. The molecule has 0 saturated heterocycles. The van der Waals surface area contributed by atoms with E-state index in [2.05, 4.69) is 99.1 Å². The van der Waals surface area contributed by atoms with Crippen molar-refractivity contribution in [2.24, 2.45) is 0 Å². The normalized spacial score (nSPS) is 20.7. The molecule has 0 amide bonds. The Bertz CT molecular complexity index is 2830. The lowest BCUT2D eigenvalue weighted by Crippen LogP contribution is -2.26. The van der Waals surface area contributed by atoms with Gasteiger partial charge in [-0.1, -0.05) is 95.8 Å². The Morgan fingerprint density at radius 1 is 0.611 bits per heavy atom. The molecule has 5 aromatic heterocycles. The van der Waals surface area contributed by atoms with Gasteiger partial charge in [-0.2, -0.15) is 0 Å². The fraction of sp³-hybridized carbons (Fsp3) is 0.440. The van der Waals surface area contributed by atoms with Crippen molar-refractivity contribution in [3.63, 3.8) is 0 Å². The van der Waals surface area contributed by atoms with Crippen molar-refractivity contribution in [2.75, 3.05) is 0 Å². The van der Waals surface area contributed by atoms with Crippen molar-refractivity contribution in [3.8, 4) is 11.1 Å². The molecule has 8 aromatic rings. The first kappa shape index (κ1) is 31.9. The smallest absolute Gasteiger partial charge is 0.145 e. The predicted molar refractivity (Wildman–Crippen MR) is 223 cm³/mol. The third kappa shape index (κ3) is 3.59. The maximum Gasteiger partial charge on any atom is 0.145 e. The lowest BCUT2D eigenvalue weighted by molar-refractivity contribution is 0.299. The van der Waals surface area contributed by atoms with E-state index < -0.39 is 0 Å². The molecule has 0 N–H and O–H groups in total. The van der Waals surface area contributed by atoms with E-state index in [0.717, 1.165) is 36.8 Å². The zero-order valence-electron chi connectivity index (χ0n) is 32.5. The highest BCUT2D eigenvalue weighted by molar-refractivity contribution is 6.34. The largest absolute Gasteiger partial charge is 0.455 e. The maximum atomic E-state index is 7.25. The number of nitrogens with zero attached hydrogens (tertiary/aromatic N) is 3. The molecule has 2 fully saturated rings. The summed E-state index contributed by atoms with van der Waals surface area (Å²) in [6.45, 7) is 9.65. The fourth-order valence-corrected chi connectivity index (χ4v) is 13.8. The topological polar surface area (TPSA) is 43.3 Å². The minimum absolute atomic E-state index is 0.121. The van der Waals surface area contributed by atoms with Crippen LogP contribution in [0.15, 0.2) is 71.4 Å². The van der Waals surface area contributed by atoms with Crippen molar-refractivity contribution in [2.45, 2.75) is 139 Å². The molecule has 12 rings (SSSR count). The van der Waals surface area contributed by atoms with Crippen molar-refractivity contribution in [1.29, 1.82) is 0 Å². The van der Waals surface area contributed by atoms with Gasteiger partial charge in [0.2, 0.25) is 0 Å². The lowest BCUT2D eigenvalue weighted by atomic mass is 9.73. The van der Waals surface area contributed by atoms with E-state index in [4.69, 9.17) is 14.4 Å². The molecule has 0 aliphatic heterocycles. The molecule has 4 nitrogen and oxygen atoms in total. The van der Waals surface area contributed by atoms with Crippen LogP contribution >= 0.6 is 0 Å². The molecule has 54 heavy (non-hydrogen) atoms. The molecular formula is C50H51N3O. The summed E-state index contributed by atoms with van der Waals surface area (Å²) in [5.41, 5.74) is 14.9. The van der Waals surface area contributed by atoms with Crippen LogP contribution in [0.25, 0.3) is 71.2 Å². The van der Waals surface area contributed by atoms with Crippen molar-refractivity contribution in [1.82, 2.24) is 14.4 Å². The van der Waals surface area contributed by atoms with Crippen LogP contribution < -0.4 is 0 Å². The molecule has 4 heteroatoms. The third-order valence-corrected chi connectivity index (χ3v) is 16.4. The minimum atomic E-state index is 0.121. The number of benzene rings is 3. The van der Waals surface area contributed by atoms with Gasteiger partial charge in [-0.3, -0.25) is 9.97 Å². The average Bonchev–Trinajstić information content (AvgIpc) is 4.09. The first-order chi connectivity index (χ1) is 26.5. The Labute approximate surface area is 317 Å². The predicted octanol–water partition coefficient (Wildman–Crippen LogP) is 13.7. The third-order valence-electron chi connectivity index (χ3n) is 16.4. The first-order valence-electron chi connectivity index (χ1n) is 21.4. The van der Waals surface area contributed by atoms with Gasteiger partial charge in [0.1, 0.15) is 11.2 Å². The van der Waals surface area contributed by atoms with E-state index in [1.807, 2.05) is 0 Å². The molecule has 0 atom stereocenters. The van der Waals surface area contributed by atoms with E-state index >= 15 is 0 Å². The number of hydrogen-bond donors (Lipinski definition) is 0. The van der Waals surface area contributed by atoms with Crippen molar-refractivity contribution in [3.05, 3.63) is 89.5 Å². The summed E-state index contributed by atoms with van der Waals surface area (Å²) < 4.78 is 9.86. The molecular weight excluding hydrogens is 659 g/mol. The number of rotatable bonds is 5. The van der Waals surface area contributed by atoms with Crippen LogP contribution in [0, 0.1) is 0 Å². The summed E-state index contributed by atoms with van der Waals surface area (Å²) in [5, 5.41) is 8.09. The molecule has 272 valence electrons. The molecule has 3 aromatic carbocycles. The number of aromatic nitrogens is 3. The molecule has 4 aliphatic carbocycles. The Balaban J connectivity index is 1.34.